The van der Waals surface area contributed by atoms with Crippen LogP contribution in [0.4, 0.5) is 5.69 Å². The molecule has 3 aromatic rings. The summed E-state index contributed by atoms with van der Waals surface area (Å²) in [5.41, 5.74) is 7.81. The number of phenolic OH excluding ortho intramolecular Hbond substituents is 2. The van der Waals surface area contributed by atoms with Crippen molar-refractivity contribution in [2.45, 2.75) is 0 Å². The van der Waals surface area contributed by atoms with E-state index in [2.05, 4.69) is 21.1 Å². The Morgan fingerprint density at radius 3 is 1.88 bits per heavy atom. The molecule has 9 heteroatoms. The van der Waals surface area contributed by atoms with Gasteiger partial charge in [0.05, 0.1) is 32.3 Å². The first kappa shape index (κ1) is 22.2. The molecule has 32 heavy (non-hydrogen) atoms. The number of anilines is 1. The van der Waals surface area contributed by atoms with Crippen LogP contribution < -0.4 is 20.3 Å². The van der Waals surface area contributed by atoms with Crippen molar-refractivity contribution in [3.05, 3.63) is 77.4 Å². The number of carbonyl (C=O) groups excluding carboxylic acids is 1. The standard InChI is InChI=1S/C23H22N4O5/c1-31-21-11-15(3-9-19(21)28)13-24-26-18-7-5-17(6-8-18)23(30)27-25-14-16-4-10-20(29)22(12-16)32-2/h3-14,26,28-29H,1-2H3,(H,27,30). The summed E-state index contributed by atoms with van der Waals surface area (Å²) in [6.07, 6.45) is 3.03. The van der Waals surface area contributed by atoms with Crippen molar-refractivity contribution in [3.63, 3.8) is 0 Å². The van der Waals surface area contributed by atoms with Crippen LogP contribution in [0, 0.1) is 0 Å². The van der Waals surface area contributed by atoms with Gasteiger partial charge in [-0.3, -0.25) is 10.2 Å². The molecule has 0 spiro atoms. The number of hydrogen-bond donors (Lipinski definition) is 4. The smallest absolute Gasteiger partial charge is 0.271 e. The highest BCUT2D eigenvalue weighted by atomic mass is 16.5. The van der Waals surface area contributed by atoms with Crippen LogP contribution in [-0.4, -0.2) is 42.8 Å². The lowest BCUT2D eigenvalue weighted by atomic mass is 10.2. The molecule has 3 aromatic carbocycles. The summed E-state index contributed by atoms with van der Waals surface area (Å²) in [6.45, 7) is 0. The van der Waals surface area contributed by atoms with Crippen molar-refractivity contribution < 1.29 is 24.5 Å². The first-order chi connectivity index (χ1) is 15.5. The van der Waals surface area contributed by atoms with Gasteiger partial charge in [-0.05, 0) is 71.8 Å². The Labute approximate surface area is 184 Å². The van der Waals surface area contributed by atoms with Crippen molar-refractivity contribution in [1.82, 2.24) is 5.43 Å². The molecule has 0 atom stereocenters. The zero-order valence-electron chi connectivity index (χ0n) is 17.4. The van der Waals surface area contributed by atoms with Gasteiger partial charge in [0.1, 0.15) is 0 Å². The van der Waals surface area contributed by atoms with E-state index >= 15 is 0 Å². The molecule has 0 aromatic heterocycles. The number of hydrazone groups is 2. The molecule has 0 radical (unpaired) electrons. The minimum absolute atomic E-state index is 0.0227. The lowest BCUT2D eigenvalue weighted by Gasteiger charge is -2.05. The number of methoxy groups -OCH3 is 2. The fourth-order valence-corrected chi connectivity index (χ4v) is 2.66. The summed E-state index contributed by atoms with van der Waals surface area (Å²) >= 11 is 0. The van der Waals surface area contributed by atoms with Gasteiger partial charge in [0.15, 0.2) is 23.0 Å². The van der Waals surface area contributed by atoms with E-state index in [4.69, 9.17) is 9.47 Å². The van der Waals surface area contributed by atoms with Crippen LogP contribution >= 0.6 is 0 Å². The lowest BCUT2D eigenvalue weighted by molar-refractivity contribution is 0.0955. The molecule has 9 nitrogen and oxygen atoms in total. The normalized spacial score (nSPS) is 10.9. The van der Waals surface area contributed by atoms with Crippen LogP contribution in [0.5, 0.6) is 23.0 Å². The van der Waals surface area contributed by atoms with E-state index < -0.39 is 0 Å². The zero-order chi connectivity index (χ0) is 22.9. The summed E-state index contributed by atoms with van der Waals surface area (Å²) in [5, 5.41) is 27.3. The molecule has 0 bridgehead atoms. The lowest BCUT2D eigenvalue weighted by Crippen LogP contribution is -2.17. The van der Waals surface area contributed by atoms with Gasteiger partial charge in [-0.25, -0.2) is 5.43 Å². The predicted octanol–water partition coefficient (Wildman–Crippen LogP) is 3.32. The molecule has 3 rings (SSSR count). The van der Waals surface area contributed by atoms with Crippen molar-refractivity contribution in [2.75, 3.05) is 19.6 Å². The first-order valence-electron chi connectivity index (χ1n) is 9.46. The molecule has 0 saturated carbocycles. The van der Waals surface area contributed by atoms with Gasteiger partial charge in [0.2, 0.25) is 0 Å². The second-order valence-corrected chi connectivity index (χ2v) is 6.51. The Hall–Kier alpha value is -4.53. The Balaban J connectivity index is 1.55. The number of benzene rings is 3. The van der Waals surface area contributed by atoms with E-state index in [-0.39, 0.29) is 17.4 Å². The molecule has 0 saturated heterocycles. The topological polar surface area (TPSA) is 125 Å². The van der Waals surface area contributed by atoms with Gasteiger partial charge in [-0.2, -0.15) is 10.2 Å². The quantitative estimate of drug-likeness (QED) is 0.318. The molecule has 0 unspecified atom stereocenters. The number of amides is 1. The Kier molecular flexibility index (Phi) is 7.26. The van der Waals surface area contributed by atoms with Crippen LogP contribution in [0.1, 0.15) is 21.5 Å². The Morgan fingerprint density at radius 1 is 0.812 bits per heavy atom. The molecule has 4 N–H and O–H groups in total. The van der Waals surface area contributed by atoms with E-state index in [1.807, 2.05) is 0 Å². The Bertz CT molecular complexity index is 1140. The van der Waals surface area contributed by atoms with Gasteiger partial charge >= 0.3 is 0 Å². The van der Waals surface area contributed by atoms with E-state index in [9.17, 15) is 15.0 Å². The SMILES string of the molecule is COc1cc(C=NNC(=O)c2ccc(NN=Cc3ccc(O)c(OC)c3)cc2)ccc1O. The van der Waals surface area contributed by atoms with Crippen LogP contribution in [0.3, 0.4) is 0 Å². The zero-order valence-corrected chi connectivity index (χ0v) is 17.4. The van der Waals surface area contributed by atoms with Crippen LogP contribution in [0.25, 0.3) is 0 Å². The van der Waals surface area contributed by atoms with Crippen molar-refractivity contribution in [3.8, 4) is 23.0 Å². The van der Waals surface area contributed by atoms with E-state index in [0.29, 0.717) is 28.3 Å². The molecular weight excluding hydrogens is 412 g/mol. The molecular formula is C23H22N4O5. The maximum Gasteiger partial charge on any atom is 0.271 e. The predicted molar refractivity (Wildman–Crippen MR) is 122 cm³/mol. The highest BCUT2D eigenvalue weighted by Crippen LogP contribution is 2.26. The Morgan fingerprint density at radius 2 is 1.34 bits per heavy atom. The van der Waals surface area contributed by atoms with Crippen LogP contribution in [0.15, 0.2) is 70.9 Å². The molecule has 0 aliphatic rings. The van der Waals surface area contributed by atoms with Gasteiger partial charge in [-0.15, -0.1) is 0 Å². The van der Waals surface area contributed by atoms with Crippen LogP contribution in [-0.2, 0) is 0 Å². The maximum absolute atomic E-state index is 12.2. The van der Waals surface area contributed by atoms with Gasteiger partial charge in [0.25, 0.3) is 5.91 Å². The second kappa shape index (κ2) is 10.5. The molecule has 1 amide bonds. The minimum Gasteiger partial charge on any atom is -0.504 e. The molecule has 164 valence electrons. The number of nitrogens with one attached hydrogen (secondary N) is 2. The number of aromatic hydroxyl groups is 2. The number of carbonyl (C=O) groups is 1. The monoisotopic (exact) mass is 434 g/mol. The van der Waals surface area contributed by atoms with Gasteiger partial charge < -0.3 is 19.7 Å². The highest BCUT2D eigenvalue weighted by molar-refractivity contribution is 5.95. The largest absolute Gasteiger partial charge is 0.504 e. The average molecular weight is 434 g/mol. The average Bonchev–Trinajstić information content (AvgIpc) is 2.81. The van der Waals surface area contributed by atoms with Crippen LogP contribution in [0.2, 0.25) is 0 Å². The number of hydrogen-bond acceptors (Lipinski definition) is 8. The number of nitrogens with zero attached hydrogens (tertiary/aromatic N) is 2. The van der Waals surface area contributed by atoms with Gasteiger partial charge in [-0.1, -0.05) is 0 Å². The summed E-state index contributed by atoms with van der Waals surface area (Å²) in [7, 11) is 2.92. The number of ether oxygens (including phenoxy) is 2. The first-order valence-corrected chi connectivity index (χ1v) is 9.46. The third-order valence-corrected chi connectivity index (χ3v) is 4.34. The van der Waals surface area contributed by atoms with E-state index in [1.54, 1.807) is 54.7 Å². The summed E-state index contributed by atoms with van der Waals surface area (Å²) in [6, 6.07) is 16.3. The third-order valence-electron chi connectivity index (χ3n) is 4.34. The van der Waals surface area contributed by atoms with E-state index in [0.717, 1.165) is 5.56 Å². The fraction of sp³-hybridized carbons (Fsp3) is 0.0870. The molecule has 0 aliphatic heterocycles. The second-order valence-electron chi connectivity index (χ2n) is 6.51. The van der Waals surface area contributed by atoms with E-state index in [1.165, 1.54) is 32.6 Å². The fourth-order valence-electron chi connectivity index (χ4n) is 2.66. The summed E-state index contributed by atoms with van der Waals surface area (Å²) < 4.78 is 10.1. The van der Waals surface area contributed by atoms with Crippen molar-refractivity contribution >= 4 is 24.0 Å². The number of phenols is 2. The molecule has 0 aliphatic carbocycles. The van der Waals surface area contributed by atoms with Gasteiger partial charge in [0, 0.05) is 5.56 Å². The minimum atomic E-state index is -0.377. The number of rotatable bonds is 8. The summed E-state index contributed by atoms with van der Waals surface area (Å²) in [4.78, 5) is 12.2. The third kappa shape index (κ3) is 5.76. The van der Waals surface area contributed by atoms with Crippen molar-refractivity contribution in [1.29, 1.82) is 0 Å². The highest BCUT2D eigenvalue weighted by Gasteiger charge is 2.05. The molecule has 0 heterocycles. The maximum atomic E-state index is 12.2. The van der Waals surface area contributed by atoms with Crippen molar-refractivity contribution in [2.24, 2.45) is 10.2 Å². The summed E-state index contributed by atoms with van der Waals surface area (Å²) in [5.74, 6) is 0.374. The molecule has 0 fully saturated rings.